The van der Waals surface area contributed by atoms with Crippen molar-refractivity contribution in [2.24, 2.45) is 0 Å². The third-order valence-corrected chi connectivity index (χ3v) is 6.77. The molecule has 2 aromatic carbocycles. The lowest BCUT2D eigenvalue weighted by Gasteiger charge is -2.31. The SMILES string of the molecule is CCCCCOc1ccc(C2C(C(=O)C=Cc3ccccc3)=C(O)C(=O)N2CCN2CCOCC2)cc1. The smallest absolute Gasteiger partial charge is 0.290 e. The van der Waals surface area contributed by atoms with E-state index in [0.717, 1.165) is 49.2 Å². The standard InChI is InChI=1S/C30H36N2O5/c1-2-3-7-20-37-25-13-11-24(12-14-25)28-27(26(33)15-10-23-8-5-4-6-9-23)29(34)30(35)32(28)17-16-31-18-21-36-22-19-31/h4-6,8-15,28,34H,2-3,7,16-22H2,1H3. The van der Waals surface area contributed by atoms with E-state index in [1.54, 1.807) is 11.0 Å². The summed E-state index contributed by atoms with van der Waals surface area (Å²) in [4.78, 5) is 30.4. The lowest BCUT2D eigenvalue weighted by Crippen LogP contribution is -2.43. The molecule has 1 saturated heterocycles. The van der Waals surface area contributed by atoms with Crippen LogP contribution in [0.25, 0.3) is 6.08 Å². The van der Waals surface area contributed by atoms with Crippen LogP contribution in [0.15, 0.2) is 72.0 Å². The Morgan fingerprint density at radius 1 is 1.05 bits per heavy atom. The van der Waals surface area contributed by atoms with Crippen molar-refractivity contribution < 1.29 is 24.2 Å². The molecule has 1 unspecified atom stereocenters. The second kappa shape index (κ2) is 13.2. The maximum Gasteiger partial charge on any atom is 0.290 e. The summed E-state index contributed by atoms with van der Waals surface area (Å²) in [6.07, 6.45) is 6.37. The van der Waals surface area contributed by atoms with Gasteiger partial charge in [-0.25, -0.2) is 0 Å². The summed E-state index contributed by atoms with van der Waals surface area (Å²) in [5.74, 6) is -0.633. The van der Waals surface area contributed by atoms with Crippen LogP contribution in [0.3, 0.4) is 0 Å². The Bertz CT molecular complexity index is 1100. The number of nitrogens with zero attached hydrogens (tertiary/aromatic N) is 2. The summed E-state index contributed by atoms with van der Waals surface area (Å²) in [5.41, 5.74) is 1.73. The lowest BCUT2D eigenvalue weighted by atomic mass is 9.95. The predicted molar refractivity (Wildman–Crippen MR) is 143 cm³/mol. The molecule has 37 heavy (non-hydrogen) atoms. The molecule has 0 aromatic heterocycles. The van der Waals surface area contributed by atoms with Gasteiger partial charge in [-0.3, -0.25) is 14.5 Å². The number of amides is 1. The van der Waals surface area contributed by atoms with Crippen molar-refractivity contribution in [2.75, 3.05) is 46.0 Å². The summed E-state index contributed by atoms with van der Waals surface area (Å²) in [7, 11) is 0. The van der Waals surface area contributed by atoms with Gasteiger partial charge in [-0.2, -0.15) is 0 Å². The van der Waals surface area contributed by atoms with Crippen LogP contribution >= 0.6 is 0 Å². The zero-order valence-electron chi connectivity index (χ0n) is 21.5. The number of rotatable bonds is 12. The van der Waals surface area contributed by atoms with Gasteiger partial charge >= 0.3 is 0 Å². The predicted octanol–water partition coefficient (Wildman–Crippen LogP) is 4.57. The summed E-state index contributed by atoms with van der Waals surface area (Å²) < 4.78 is 11.3. The number of hydrogen-bond donors (Lipinski definition) is 1. The molecule has 2 aliphatic rings. The van der Waals surface area contributed by atoms with E-state index in [4.69, 9.17) is 9.47 Å². The summed E-state index contributed by atoms with van der Waals surface area (Å²) in [6, 6.07) is 16.3. The van der Waals surface area contributed by atoms with Crippen molar-refractivity contribution in [1.82, 2.24) is 9.80 Å². The molecule has 0 radical (unpaired) electrons. The van der Waals surface area contributed by atoms with E-state index in [9.17, 15) is 14.7 Å². The average molecular weight is 505 g/mol. The molecule has 2 aromatic rings. The van der Waals surface area contributed by atoms with E-state index in [1.165, 1.54) is 6.08 Å². The highest BCUT2D eigenvalue weighted by molar-refractivity contribution is 6.14. The number of ketones is 1. The first-order chi connectivity index (χ1) is 18.1. The van der Waals surface area contributed by atoms with Crippen LogP contribution in [0.4, 0.5) is 0 Å². The number of carbonyl (C=O) groups is 2. The number of aliphatic hydroxyl groups excluding tert-OH is 1. The Morgan fingerprint density at radius 2 is 1.78 bits per heavy atom. The number of aliphatic hydroxyl groups is 1. The van der Waals surface area contributed by atoms with Crippen molar-refractivity contribution in [2.45, 2.75) is 32.2 Å². The molecule has 2 aliphatic heterocycles. The molecule has 196 valence electrons. The molecule has 1 fully saturated rings. The van der Waals surface area contributed by atoms with E-state index in [-0.39, 0.29) is 11.4 Å². The van der Waals surface area contributed by atoms with Crippen LogP contribution in [-0.4, -0.2) is 72.6 Å². The van der Waals surface area contributed by atoms with Crippen LogP contribution in [0.1, 0.15) is 43.4 Å². The molecule has 0 saturated carbocycles. The van der Waals surface area contributed by atoms with Gasteiger partial charge in [-0.15, -0.1) is 0 Å². The highest BCUT2D eigenvalue weighted by atomic mass is 16.5. The molecular weight excluding hydrogens is 468 g/mol. The largest absolute Gasteiger partial charge is 0.503 e. The van der Waals surface area contributed by atoms with Gasteiger partial charge in [0.25, 0.3) is 5.91 Å². The fourth-order valence-corrected chi connectivity index (χ4v) is 4.67. The van der Waals surface area contributed by atoms with Gasteiger partial charge in [0.2, 0.25) is 0 Å². The molecule has 4 rings (SSSR count). The third kappa shape index (κ3) is 6.87. The Hall–Kier alpha value is -3.42. The average Bonchev–Trinajstić information content (AvgIpc) is 3.19. The monoisotopic (exact) mass is 504 g/mol. The molecule has 7 nitrogen and oxygen atoms in total. The molecule has 0 bridgehead atoms. The molecule has 7 heteroatoms. The third-order valence-electron chi connectivity index (χ3n) is 6.77. The van der Waals surface area contributed by atoms with Crippen LogP contribution in [0, 0.1) is 0 Å². The van der Waals surface area contributed by atoms with Gasteiger partial charge in [-0.05, 0) is 35.8 Å². The van der Waals surface area contributed by atoms with Crippen LogP contribution in [0.5, 0.6) is 5.75 Å². The fraction of sp³-hybridized carbons (Fsp3) is 0.400. The molecule has 0 aliphatic carbocycles. The van der Waals surface area contributed by atoms with Crippen molar-refractivity contribution in [3.63, 3.8) is 0 Å². The zero-order chi connectivity index (χ0) is 26.0. The van der Waals surface area contributed by atoms with Gasteiger partial charge in [0, 0.05) is 26.2 Å². The molecular formula is C30H36N2O5. The molecule has 1 amide bonds. The van der Waals surface area contributed by atoms with E-state index < -0.39 is 17.7 Å². The number of ether oxygens (including phenoxy) is 2. The number of carbonyl (C=O) groups excluding carboxylic acids is 2. The van der Waals surface area contributed by atoms with Gasteiger partial charge in [-0.1, -0.05) is 68.3 Å². The Morgan fingerprint density at radius 3 is 2.49 bits per heavy atom. The van der Waals surface area contributed by atoms with Crippen molar-refractivity contribution >= 4 is 17.8 Å². The van der Waals surface area contributed by atoms with E-state index in [1.807, 2.05) is 54.6 Å². The lowest BCUT2D eigenvalue weighted by molar-refractivity contribution is -0.129. The molecule has 1 atom stereocenters. The minimum atomic E-state index is -0.671. The van der Waals surface area contributed by atoms with Crippen molar-refractivity contribution in [3.8, 4) is 5.75 Å². The molecule has 0 spiro atoms. The normalized spacial score (nSPS) is 18.7. The first-order valence-electron chi connectivity index (χ1n) is 13.1. The quantitative estimate of drug-likeness (QED) is 0.337. The number of morpholine rings is 1. The highest BCUT2D eigenvalue weighted by Crippen LogP contribution is 2.38. The second-order valence-electron chi connectivity index (χ2n) is 9.35. The molecule has 1 N–H and O–H groups in total. The Balaban J connectivity index is 1.56. The maximum absolute atomic E-state index is 13.3. The minimum absolute atomic E-state index is 0.107. The minimum Gasteiger partial charge on any atom is -0.503 e. The molecule has 2 heterocycles. The maximum atomic E-state index is 13.3. The van der Waals surface area contributed by atoms with Crippen LogP contribution in [0.2, 0.25) is 0 Å². The number of unbranched alkanes of at least 4 members (excludes halogenated alkanes) is 2. The van der Waals surface area contributed by atoms with Crippen LogP contribution in [-0.2, 0) is 14.3 Å². The van der Waals surface area contributed by atoms with Gasteiger partial charge in [0.1, 0.15) is 5.75 Å². The number of benzene rings is 2. The summed E-state index contributed by atoms with van der Waals surface area (Å²) in [5, 5.41) is 10.9. The van der Waals surface area contributed by atoms with Crippen molar-refractivity contribution in [1.29, 1.82) is 0 Å². The first kappa shape index (κ1) is 26.6. The van der Waals surface area contributed by atoms with Crippen LogP contribution < -0.4 is 4.74 Å². The Kier molecular flexibility index (Phi) is 9.52. The van der Waals surface area contributed by atoms with Crippen molar-refractivity contribution in [3.05, 3.63) is 83.1 Å². The topological polar surface area (TPSA) is 79.3 Å². The van der Waals surface area contributed by atoms with E-state index in [0.29, 0.717) is 32.9 Å². The van der Waals surface area contributed by atoms with Gasteiger partial charge in [0.15, 0.2) is 11.5 Å². The van der Waals surface area contributed by atoms with Gasteiger partial charge < -0.3 is 19.5 Å². The van der Waals surface area contributed by atoms with Gasteiger partial charge in [0.05, 0.1) is 31.4 Å². The fourth-order valence-electron chi connectivity index (χ4n) is 4.67. The zero-order valence-corrected chi connectivity index (χ0v) is 21.5. The second-order valence-corrected chi connectivity index (χ2v) is 9.35. The first-order valence-corrected chi connectivity index (χ1v) is 13.1. The number of allylic oxidation sites excluding steroid dienone is 1. The summed E-state index contributed by atoms with van der Waals surface area (Å²) >= 11 is 0. The summed E-state index contributed by atoms with van der Waals surface area (Å²) in [6.45, 7) is 6.74. The van der Waals surface area contributed by atoms with E-state index in [2.05, 4.69) is 11.8 Å². The van der Waals surface area contributed by atoms with E-state index >= 15 is 0 Å². The Labute approximate surface area is 219 Å². The number of hydrogen-bond acceptors (Lipinski definition) is 6. The highest BCUT2D eigenvalue weighted by Gasteiger charge is 2.42.